The summed E-state index contributed by atoms with van der Waals surface area (Å²) in [7, 11) is 0. The highest BCUT2D eigenvalue weighted by Crippen LogP contribution is 2.29. The third kappa shape index (κ3) is 4.65. The number of nitrogens with two attached hydrogens (primary N) is 1. The Morgan fingerprint density at radius 2 is 1.92 bits per heavy atom. The maximum absolute atomic E-state index is 12.8. The molecule has 1 aromatic rings. The molecule has 6 heteroatoms. The summed E-state index contributed by atoms with van der Waals surface area (Å²) in [6.07, 6.45) is 4.00. The number of carbonyl (C=O) groups is 2. The summed E-state index contributed by atoms with van der Waals surface area (Å²) in [6, 6.07) is 9.02. The van der Waals surface area contributed by atoms with Crippen molar-refractivity contribution in [2.75, 3.05) is 11.4 Å². The zero-order valence-electron chi connectivity index (χ0n) is 15.7. The van der Waals surface area contributed by atoms with Crippen LogP contribution >= 0.6 is 0 Å². The molecule has 0 spiro atoms. The zero-order chi connectivity index (χ0) is 19.1. The number of rotatable bonds is 6. The Balaban J connectivity index is 2.40. The van der Waals surface area contributed by atoms with Gasteiger partial charge in [-0.1, -0.05) is 31.2 Å². The van der Waals surface area contributed by atoms with Crippen LogP contribution in [0.4, 0.5) is 10.5 Å². The standard InChI is InChI=1S/C20H28N4O2/c1-4-13-22-19(25)16-11-8-12-17(18(16)21)24(20(26)23-14(2)3)15-9-6-5-7-10-15/h5-7,9-10,12,14H,4,8,11,13,21H2,1-3H3,(H,22,25)(H,23,26). The van der Waals surface area contributed by atoms with Crippen LogP contribution in [0.5, 0.6) is 0 Å². The highest BCUT2D eigenvalue weighted by atomic mass is 16.2. The van der Waals surface area contributed by atoms with Crippen LogP contribution in [0, 0.1) is 0 Å². The Hall–Kier alpha value is -2.76. The maximum atomic E-state index is 12.8. The van der Waals surface area contributed by atoms with E-state index in [-0.39, 0.29) is 18.0 Å². The minimum atomic E-state index is -0.268. The number of amides is 3. The molecule has 0 saturated heterocycles. The number of urea groups is 1. The fourth-order valence-electron chi connectivity index (χ4n) is 2.80. The Bertz CT molecular complexity index is 708. The second kappa shape index (κ2) is 9.08. The Morgan fingerprint density at radius 3 is 2.54 bits per heavy atom. The van der Waals surface area contributed by atoms with Crippen molar-refractivity contribution in [3.63, 3.8) is 0 Å². The van der Waals surface area contributed by atoms with Crippen molar-refractivity contribution in [3.8, 4) is 0 Å². The van der Waals surface area contributed by atoms with Gasteiger partial charge in [0.15, 0.2) is 0 Å². The molecule has 0 heterocycles. The van der Waals surface area contributed by atoms with Crippen LogP contribution in [0.3, 0.4) is 0 Å². The van der Waals surface area contributed by atoms with Gasteiger partial charge in [0.2, 0.25) is 5.91 Å². The number of allylic oxidation sites excluding steroid dienone is 1. The molecule has 140 valence electrons. The minimum Gasteiger partial charge on any atom is -0.397 e. The van der Waals surface area contributed by atoms with E-state index >= 15 is 0 Å². The molecule has 1 aliphatic carbocycles. The smallest absolute Gasteiger partial charge is 0.326 e. The van der Waals surface area contributed by atoms with E-state index in [1.54, 1.807) is 4.90 Å². The molecule has 0 radical (unpaired) electrons. The van der Waals surface area contributed by atoms with E-state index in [9.17, 15) is 9.59 Å². The molecule has 0 saturated carbocycles. The summed E-state index contributed by atoms with van der Waals surface area (Å²) >= 11 is 0. The fraction of sp³-hybridized carbons (Fsp3) is 0.400. The number of para-hydroxylation sites is 1. The fourth-order valence-corrected chi connectivity index (χ4v) is 2.80. The number of carbonyl (C=O) groups excluding carboxylic acids is 2. The minimum absolute atomic E-state index is 0.0181. The molecule has 0 bridgehead atoms. The van der Waals surface area contributed by atoms with Crippen LogP contribution in [-0.4, -0.2) is 24.5 Å². The van der Waals surface area contributed by atoms with Gasteiger partial charge in [-0.3, -0.25) is 9.69 Å². The first-order valence-electron chi connectivity index (χ1n) is 9.08. The van der Waals surface area contributed by atoms with Crippen molar-refractivity contribution in [2.45, 2.75) is 46.1 Å². The number of hydrogen-bond acceptors (Lipinski definition) is 3. The van der Waals surface area contributed by atoms with E-state index in [0.717, 1.165) is 6.42 Å². The molecule has 0 aromatic heterocycles. The van der Waals surface area contributed by atoms with Gasteiger partial charge in [-0.2, -0.15) is 0 Å². The summed E-state index contributed by atoms with van der Waals surface area (Å²) in [5, 5.41) is 5.78. The second-order valence-electron chi connectivity index (χ2n) is 6.55. The number of hydrogen-bond donors (Lipinski definition) is 3. The molecule has 0 atom stereocenters. The molecule has 1 aliphatic rings. The van der Waals surface area contributed by atoms with E-state index in [2.05, 4.69) is 10.6 Å². The molecule has 1 aromatic carbocycles. The van der Waals surface area contributed by atoms with Gasteiger partial charge in [-0.25, -0.2) is 4.79 Å². The number of nitrogens with one attached hydrogen (secondary N) is 2. The van der Waals surface area contributed by atoms with Crippen molar-refractivity contribution in [3.05, 3.63) is 53.4 Å². The molecule has 3 amide bonds. The van der Waals surface area contributed by atoms with Crippen molar-refractivity contribution >= 4 is 17.6 Å². The van der Waals surface area contributed by atoms with Gasteiger partial charge in [0.1, 0.15) is 0 Å². The summed E-state index contributed by atoms with van der Waals surface area (Å²) in [6.45, 7) is 6.40. The normalized spacial score (nSPS) is 14.1. The van der Waals surface area contributed by atoms with Gasteiger partial charge >= 0.3 is 6.03 Å². The van der Waals surface area contributed by atoms with Gasteiger partial charge in [-0.15, -0.1) is 0 Å². The van der Waals surface area contributed by atoms with Crippen molar-refractivity contribution < 1.29 is 9.59 Å². The summed E-state index contributed by atoms with van der Waals surface area (Å²) in [5.74, 6) is -0.160. The molecule has 2 rings (SSSR count). The predicted molar refractivity (Wildman–Crippen MR) is 104 cm³/mol. The van der Waals surface area contributed by atoms with E-state index in [1.807, 2.05) is 57.2 Å². The molecule has 6 nitrogen and oxygen atoms in total. The van der Waals surface area contributed by atoms with Crippen molar-refractivity contribution in [1.29, 1.82) is 0 Å². The van der Waals surface area contributed by atoms with Gasteiger partial charge in [0.05, 0.1) is 17.1 Å². The average Bonchev–Trinajstić information content (AvgIpc) is 2.61. The second-order valence-corrected chi connectivity index (χ2v) is 6.55. The molecule has 0 aliphatic heterocycles. The lowest BCUT2D eigenvalue weighted by molar-refractivity contribution is -0.117. The van der Waals surface area contributed by atoms with Crippen LogP contribution in [0.2, 0.25) is 0 Å². The number of anilines is 1. The molecule has 0 unspecified atom stereocenters. The largest absolute Gasteiger partial charge is 0.397 e. The summed E-state index contributed by atoms with van der Waals surface area (Å²) < 4.78 is 0. The van der Waals surface area contributed by atoms with Crippen molar-refractivity contribution in [1.82, 2.24) is 10.6 Å². The van der Waals surface area contributed by atoms with Gasteiger partial charge in [-0.05, 0) is 45.2 Å². The highest BCUT2D eigenvalue weighted by Gasteiger charge is 2.27. The van der Waals surface area contributed by atoms with Gasteiger partial charge in [0, 0.05) is 18.2 Å². The monoisotopic (exact) mass is 356 g/mol. The predicted octanol–water partition coefficient (Wildman–Crippen LogP) is 3.03. The van der Waals surface area contributed by atoms with Crippen molar-refractivity contribution in [2.24, 2.45) is 5.73 Å². The lowest BCUT2D eigenvalue weighted by Crippen LogP contribution is -2.44. The first-order chi connectivity index (χ1) is 12.5. The molecular weight excluding hydrogens is 328 g/mol. The summed E-state index contributed by atoms with van der Waals surface area (Å²) in [4.78, 5) is 26.8. The van der Waals surface area contributed by atoms with Crippen LogP contribution in [0.25, 0.3) is 0 Å². The quantitative estimate of drug-likeness (QED) is 0.732. The Morgan fingerprint density at radius 1 is 1.23 bits per heavy atom. The lowest BCUT2D eigenvalue weighted by Gasteiger charge is -2.30. The van der Waals surface area contributed by atoms with E-state index in [0.29, 0.717) is 42.0 Å². The summed E-state index contributed by atoms with van der Waals surface area (Å²) in [5.41, 5.74) is 8.48. The Kier molecular flexibility index (Phi) is 6.83. The first kappa shape index (κ1) is 19.6. The van der Waals surface area contributed by atoms with Crippen LogP contribution in [-0.2, 0) is 4.79 Å². The van der Waals surface area contributed by atoms with E-state index < -0.39 is 0 Å². The van der Waals surface area contributed by atoms with E-state index in [4.69, 9.17) is 5.73 Å². The lowest BCUT2D eigenvalue weighted by atomic mass is 9.98. The average molecular weight is 356 g/mol. The SMILES string of the molecule is CCCNC(=O)C1=C(N)C(N(C(=O)NC(C)C)c2ccccc2)=CCC1. The van der Waals surface area contributed by atoms with E-state index in [1.165, 1.54) is 0 Å². The van der Waals surface area contributed by atoms with Gasteiger partial charge < -0.3 is 16.4 Å². The van der Waals surface area contributed by atoms with Gasteiger partial charge in [0.25, 0.3) is 0 Å². The third-order valence-electron chi connectivity index (χ3n) is 4.01. The van der Waals surface area contributed by atoms with Crippen LogP contribution < -0.4 is 21.3 Å². The highest BCUT2D eigenvalue weighted by molar-refractivity contribution is 5.99. The number of nitrogens with zero attached hydrogens (tertiary/aromatic N) is 1. The Labute approximate surface area is 155 Å². The zero-order valence-corrected chi connectivity index (χ0v) is 15.7. The molecule has 0 fully saturated rings. The molecule has 4 N–H and O–H groups in total. The van der Waals surface area contributed by atoms with Crippen LogP contribution in [0.15, 0.2) is 53.4 Å². The third-order valence-corrected chi connectivity index (χ3v) is 4.01. The maximum Gasteiger partial charge on any atom is 0.326 e. The topological polar surface area (TPSA) is 87.5 Å². The molecular formula is C20H28N4O2. The number of benzene rings is 1. The molecule has 26 heavy (non-hydrogen) atoms. The first-order valence-corrected chi connectivity index (χ1v) is 9.08. The van der Waals surface area contributed by atoms with Crippen LogP contribution in [0.1, 0.15) is 40.0 Å².